The Hall–Kier alpha value is -3.61. The molecule has 0 saturated heterocycles. The first-order valence-corrected chi connectivity index (χ1v) is 12.6. The van der Waals surface area contributed by atoms with Crippen LogP contribution in [-0.4, -0.2) is 52.9 Å². The van der Waals surface area contributed by atoms with Crippen molar-refractivity contribution in [3.05, 3.63) is 34.9 Å². The van der Waals surface area contributed by atoms with Crippen LogP contribution in [0, 0.1) is 25.2 Å². The summed E-state index contributed by atoms with van der Waals surface area (Å²) in [6.07, 6.45) is 3.34. The topological polar surface area (TPSA) is 155 Å². The number of primary amides is 1. The molecule has 202 valence electrons. The van der Waals surface area contributed by atoms with Gasteiger partial charge in [-0.25, -0.2) is 4.79 Å². The molecule has 1 aliphatic rings. The van der Waals surface area contributed by atoms with E-state index in [-0.39, 0.29) is 6.04 Å². The second-order valence-electron chi connectivity index (χ2n) is 10.6. The minimum absolute atomic E-state index is 0.0318. The number of hydrogen-bond acceptors (Lipinski definition) is 6. The van der Waals surface area contributed by atoms with Gasteiger partial charge in [-0.05, 0) is 64.2 Å². The van der Waals surface area contributed by atoms with Gasteiger partial charge in [-0.15, -0.1) is 0 Å². The number of alkyl carbamates (subject to hydrolysis) is 1. The van der Waals surface area contributed by atoms with E-state index >= 15 is 0 Å². The van der Waals surface area contributed by atoms with Crippen LogP contribution < -0.4 is 16.4 Å². The van der Waals surface area contributed by atoms with Crippen molar-refractivity contribution in [3.8, 4) is 6.07 Å². The molecule has 0 bridgehead atoms. The lowest BCUT2D eigenvalue weighted by Gasteiger charge is -2.34. The first kappa shape index (κ1) is 29.6. The summed E-state index contributed by atoms with van der Waals surface area (Å²) in [6.45, 7) is 8.35. The Kier molecular flexibility index (Phi) is 10.5. The first-order chi connectivity index (χ1) is 17.3. The standard InChI is InChI=1S/C27H39N5O5/c1-17-11-12-19(15-18(17)2)23(24(34)30-20-9-7-6-8-10-20)32(14-13-28)25(35)21(16-22(29)33)31-26(36)37-27(3,4)5/h11-12,15,20-21,23H,6-10,14,16H2,1-5H3,(H2,29,33)(H,30,34)(H,31,36). The molecule has 2 unspecified atom stereocenters. The monoisotopic (exact) mass is 513 g/mol. The SMILES string of the molecule is Cc1ccc(C(C(=O)NC2CCCCC2)N(CC#N)C(=O)C(CC(N)=O)NC(=O)OC(C)(C)C)cc1C. The molecule has 0 heterocycles. The third kappa shape index (κ3) is 9.08. The van der Waals surface area contributed by atoms with E-state index in [1.807, 2.05) is 32.0 Å². The zero-order chi connectivity index (χ0) is 27.8. The van der Waals surface area contributed by atoms with Gasteiger partial charge in [0, 0.05) is 6.04 Å². The quantitative estimate of drug-likeness (QED) is 0.431. The van der Waals surface area contributed by atoms with Crippen LogP contribution in [0.25, 0.3) is 0 Å². The molecule has 4 amide bonds. The third-order valence-corrected chi connectivity index (χ3v) is 6.28. The van der Waals surface area contributed by atoms with Crippen LogP contribution in [0.1, 0.15) is 82.0 Å². The molecule has 37 heavy (non-hydrogen) atoms. The summed E-state index contributed by atoms with van der Waals surface area (Å²) in [4.78, 5) is 52.8. The van der Waals surface area contributed by atoms with Gasteiger partial charge < -0.3 is 26.0 Å². The molecule has 0 spiro atoms. The number of ether oxygens (including phenoxy) is 1. The maximum absolute atomic E-state index is 13.7. The summed E-state index contributed by atoms with van der Waals surface area (Å²) < 4.78 is 5.24. The van der Waals surface area contributed by atoms with Crippen molar-refractivity contribution in [3.63, 3.8) is 0 Å². The highest BCUT2D eigenvalue weighted by Crippen LogP contribution is 2.26. The molecule has 1 aromatic carbocycles. The summed E-state index contributed by atoms with van der Waals surface area (Å²) in [6, 6.07) is 4.75. The number of nitrogens with zero attached hydrogens (tertiary/aromatic N) is 2. The smallest absolute Gasteiger partial charge is 0.408 e. The molecule has 0 radical (unpaired) electrons. The van der Waals surface area contributed by atoms with Crippen LogP contribution in [0.3, 0.4) is 0 Å². The van der Waals surface area contributed by atoms with Crippen molar-refractivity contribution < 1.29 is 23.9 Å². The van der Waals surface area contributed by atoms with Crippen LogP contribution in [0.4, 0.5) is 4.79 Å². The van der Waals surface area contributed by atoms with E-state index in [2.05, 4.69) is 10.6 Å². The van der Waals surface area contributed by atoms with E-state index in [9.17, 15) is 24.4 Å². The second kappa shape index (κ2) is 13.1. The molecular weight excluding hydrogens is 474 g/mol. The molecule has 2 rings (SSSR count). The molecule has 10 heteroatoms. The van der Waals surface area contributed by atoms with Gasteiger partial charge in [0.05, 0.1) is 12.5 Å². The molecule has 10 nitrogen and oxygen atoms in total. The highest BCUT2D eigenvalue weighted by atomic mass is 16.6. The summed E-state index contributed by atoms with van der Waals surface area (Å²) in [5, 5.41) is 15.0. The van der Waals surface area contributed by atoms with Crippen molar-refractivity contribution in [2.75, 3.05) is 6.54 Å². The zero-order valence-electron chi connectivity index (χ0n) is 22.4. The molecule has 2 atom stereocenters. The molecule has 4 N–H and O–H groups in total. The molecular formula is C27H39N5O5. The first-order valence-electron chi connectivity index (χ1n) is 12.6. The number of hydrogen-bond donors (Lipinski definition) is 3. The highest BCUT2D eigenvalue weighted by molar-refractivity contribution is 5.94. The summed E-state index contributed by atoms with van der Waals surface area (Å²) in [7, 11) is 0. The molecule has 1 aromatic rings. The zero-order valence-corrected chi connectivity index (χ0v) is 22.4. The number of nitrogens with one attached hydrogen (secondary N) is 2. The largest absolute Gasteiger partial charge is 0.444 e. The fourth-order valence-corrected chi connectivity index (χ4v) is 4.36. The number of benzene rings is 1. The lowest BCUT2D eigenvalue weighted by atomic mass is 9.94. The normalized spacial score (nSPS) is 15.6. The van der Waals surface area contributed by atoms with Crippen molar-refractivity contribution in [2.45, 2.75) is 96.9 Å². The fraction of sp³-hybridized carbons (Fsp3) is 0.593. The van der Waals surface area contributed by atoms with Crippen LogP contribution in [0.5, 0.6) is 0 Å². The Morgan fingerprint density at radius 1 is 1.14 bits per heavy atom. The van der Waals surface area contributed by atoms with Gasteiger partial charge in [-0.2, -0.15) is 5.26 Å². The van der Waals surface area contributed by atoms with E-state index in [0.717, 1.165) is 48.1 Å². The van der Waals surface area contributed by atoms with Crippen LogP contribution in [0.15, 0.2) is 18.2 Å². The van der Waals surface area contributed by atoms with E-state index in [4.69, 9.17) is 10.5 Å². The van der Waals surface area contributed by atoms with Crippen LogP contribution in [-0.2, 0) is 19.1 Å². The third-order valence-electron chi connectivity index (χ3n) is 6.28. The van der Waals surface area contributed by atoms with Gasteiger partial charge in [-0.1, -0.05) is 37.5 Å². The van der Waals surface area contributed by atoms with Crippen LogP contribution >= 0.6 is 0 Å². The van der Waals surface area contributed by atoms with Crippen molar-refractivity contribution in [2.24, 2.45) is 5.73 Å². The van der Waals surface area contributed by atoms with Gasteiger partial charge >= 0.3 is 6.09 Å². The average molecular weight is 514 g/mol. The minimum Gasteiger partial charge on any atom is -0.444 e. The maximum Gasteiger partial charge on any atom is 0.408 e. The Morgan fingerprint density at radius 2 is 1.78 bits per heavy atom. The summed E-state index contributed by atoms with van der Waals surface area (Å²) in [5.41, 5.74) is 6.96. The summed E-state index contributed by atoms with van der Waals surface area (Å²) in [5.74, 6) is -2.04. The Balaban J connectivity index is 2.47. The highest BCUT2D eigenvalue weighted by Gasteiger charge is 2.37. The molecule has 1 saturated carbocycles. The van der Waals surface area contributed by atoms with Gasteiger partial charge in [0.15, 0.2) is 0 Å². The lowest BCUT2D eigenvalue weighted by Crippen LogP contribution is -2.54. The van der Waals surface area contributed by atoms with Gasteiger partial charge in [-0.3, -0.25) is 14.4 Å². The number of amides is 4. The number of nitriles is 1. The Labute approximate surface area is 218 Å². The second-order valence-corrected chi connectivity index (χ2v) is 10.6. The van der Waals surface area contributed by atoms with Gasteiger partial charge in [0.25, 0.3) is 0 Å². The molecule has 0 aromatic heterocycles. The number of rotatable bonds is 9. The van der Waals surface area contributed by atoms with E-state index in [0.29, 0.717) is 5.56 Å². The average Bonchev–Trinajstić information content (AvgIpc) is 2.79. The molecule has 1 fully saturated rings. The Morgan fingerprint density at radius 3 is 2.32 bits per heavy atom. The lowest BCUT2D eigenvalue weighted by molar-refractivity contribution is -0.143. The fourth-order valence-electron chi connectivity index (χ4n) is 4.36. The van der Waals surface area contributed by atoms with Crippen molar-refractivity contribution in [1.82, 2.24) is 15.5 Å². The number of carbonyl (C=O) groups is 4. The molecule has 1 aliphatic carbocycles. The minimum atomic E-state index is -1.42. The van der Waals surface area contributed by atoms with Crippen molar-refractivity contribution >= 4 is 23.8 Å². The predicted molar refractivity (Wildman–Crippen MR) is 138 cm³/mol. The van der Waals surface area contributed by atoms with Gasteiger partial charge in [0.2, 0.25) is 17.7 Å². The number of nitrogens with two attached hydrogens (primary N) is 1. The maximum atomic E-state index is 13.7. The molecule has 0 aliphatic heterocycles. The number of aryl methyl sites for hydroxylation is 2. The van der Waals surface area contributed by atoms with Gasteiger partial charge in [0.1, 0.15) is 24.2 Å². The van der Waals surface area contributed by atoms with Crippen LogP contribution in [0.2, 0.25) is 0 Å². The van der Waals surface area contributed by atoms with E-state index < -0.39 is 54.5 Å². The van der Waals surface area contributed by atoms with Crippen molar-refractivity contribution in [1.29, 1.82) is 5.26 Å². The van der Waals surface area contributed by atoms with E-state index in [1.165, 1.54) is 0 Å². The summed E-state index contributed by atoms with van der Waals surface area (Å²) >= 11 is 0. The van der Waals surface area contributed by atoms with E-state index in [1.54, 1.807) is 26.8 Å². The Bertz CT molecular complexity index is 1040. The predicted octanol–water partition coefficient (Wildman–Crippen LogP) is 2.91. The number of carbonyl (C=O) groups excluding carboxylic acids is 4.